The lowest BCUT2D eigenvalue weighted by Crippen LogP contribution is -2.33. The highest BCUT2D eigenvalue weighted by molar-refractivity contribution is 7.90. The molecule has 25 heavy (non-hydrogen) atoms. The summed E-state index contributed by atoms with van der Waals surface area (Å²) < 4.78 is 68.7. The molecule has 0 radical (unpaired) electrons. The zero-order chi connectivity index (χ0) is 18.8. The van der Waals surface area contributed by atoms with Gasteiger partial charge in [-0.15, -0.1) is 5.10 Å². The van der Waals surface area contributed by atoms with Crippen molar-refractivity contribution in [2.45, 2.75) is 30.9 Å². The van der Waals surface area contributed by atoms with Gasteiger partial charge in [-0.3, -0.25) is 0 Å². The third-order valence-corrected chi connectivity index (χ3v) is 5.39. The molecule has 0 saturated heterocycles. The molecule has 1 aromatic carbocycles. The predicted octanol–water partition coefficient (Wildman–Crippen LogP) is 1.43. The summed E-state index contributed by atoms with van der Waals surface area (Å²) in [5.74, 6) is -1.70. The molecular formula is C14H18FN3O5S2. The molecule has 0 spiro atoms. The Balaban J connectivity index is 2.27. The molecule has 1 atom stereocenters. The number of rotatable bonds is 7. The van der Waals surface area contributed by atoms with Crippen molar-refractivity contribution in [1.29, 1.82) is 0 Å². The van der Waals surface area contributed by atoms with Crippen molar-refractivity contribution >= 4 is 19.9 Å². The molecule has 0 bridgehead atoms. The van der Waals surface area contributed by atoms with E-state index < -0.39 is 42.7 Å². The minimum Gasteiger partial charge on any atom is -0.411 e. The van der Waals surface area contributed by atoms with Crippen LogP contribution in [0.4, 0.5) is 4.39 Å². The Morgan fingerprint density at radius 1 is 1.16 bits per heavy atom. The number of nitrogens with one attached hydrogen (secondary N) is 1. The SMILES string of the molecule is CC(C)[C@H](NS(=O)(=O)Cc1ccccc1F)c1nnc(S(C)(=O)=O)o1. The number of nitrogens with zero attached hydrogens (tertiary/aromatic N) is 2. The topological polar surface area (TPSA) is 119 Å². The fourth-order valence-electron chi connectivity index (χ4n) is 2.02. The monoisotopic (exact) mass is 391 g/mol. The molecule has 11 heteroatoms. The smallest absolute Gasteiger partial charge is 0.335 e. The fraction of sp³-hybridized carbons (Fsp3) is 0.429. The van der Waals surface area contributed by atoms with Crippen molar-refractivity contribution in [3.05, 3.63) is 41.5 Å². The Hall–Kier alpha value is -1.85. The second-order valence-corrected chi connectivity index (χ2v) is 9.52. The Kier molecular flexibility index (Phi) is 5.59. The van der Waals surface area contributed by atoms with Crippen LogP contribution in [0.5, 0.6) is 0 Å². The van der Waals surface area contributed by atoms with E-state index in [0.717, 1.165) is 6.26 Å². The van der Waals surface area contributed by atoms with Crippen LogP contribution >= 0.6 is 0 Å². The quantitative estimate of drug-likeness (QED) is 0.758. The number of aromatic nitrogens is 2. The number of halogens is 1. The number of hydrogen-bond acceptors (Lipinski definition) is 7. The Morgan fingerprint density at radius 3 is 2.32 bits per heavy atom. The van der Waals surface area contributed by atoms with Crippen molar-refractivity contribution in [3.63, 3.8) is 0 Å². The number of sulfone groups is 1. The van der Waals surface area contributed by atoms with E-state index in [9.17, 15) is 21.2 Å². The second kappa shape index (κ2) is 7.18. The maximum atomic E-state index is 13.7. The summed E-state index contributed by atoms with van der Waals surface area (Å²) >= 11 is 0. The lowest BCUT2D eigenvalue weighted by molar-refractivity contribution is 0.327. The first kappa shape index (κ1) is 19.5. The van der Waals surface area contributed by atoms with Crippen LogP contribution < -0.4 is 4.72 Å². The van der Waals surface area contributed by atoms with E-state index in [1.54, 1.807) is 13.8 Å². The van der Waals surface area contributed by atoms with Gasteiger partial charge in [0.05, 0.1) is 5.75 Å². The lowest BCUT2D eigenvalue weighted by atomic mass is 10.1. The van der Waals surface area contributed by atoms with E-state index in [4.69, 9.17) is 4.42 Å². The van der Waals surface area contributed by atoms with Crippen molar-refractivity contribution < 1.29 is 25.6 Å². The molecular weight excluding hydrogens is 373 g/mol. The van der Waals surface area contributed by atoms with Crippen molar-refractivity contribution in [2.75, 3.05) is 6.26 Å². The van der Waals surface area contributed by atoms with E-state index >= 15 is 0 Å². The molecule has 1 N–H and O–H groups in total. The van der Waals surface area contributed by atoms with Gasteiger partial charge in [-0.05, 0) is 12.0 Å². The average Bonchev–Trinajstić information content (AvgIpc) is 2.96. The maximum Gasteiger partial charge on any atom is 0.335 e. The van der Waals surface area contributed by atoms with Gasteiger partial charge in [0, 0.05) is 11.8 Å². The standard InChI is InChI=1S/C14H18FN3O5S2/c1-9(2)12(13-16-17-14(23-13)24(3,19)20)18-25(21,22)8-10-6-4-5-7-11(10)15/h4-7,9,12,18H,8H2,1-3H3/t12-/m0/s1. The molecule has 0 unspecified atom stereocenters. The van der Waals surface area contributed by atoms with Gasteiger partial charge in [-0.2, -0.15) is 0 Å². The summed E-state index contributed by atoms with van der Waals surface area (Å²) in [6.07, 6.45) is 0.900. The van der Waals surface area contributed by atoms with Crippen LogP contribution in [0.2, 0.25) is 0 Å². The first-order valence-electron chi connectivity index (χ1n) is 7.26. The lowest BCUT2D eigenvalue weighted by Gasteiger charge is -2.18. The first-order chi connectivity index (χ1) is 11.5. The van der Waals surface area contributed by atoms with Crippen LogP contribution in [0.25, 0.3) is 0 Å². The number of benzene rings is 1. The summed E-state index contributed by atoms with van der Waals surface area (Å²) in [4.78, 5) is 0. The fourth-order valence-corrected chi connectivity index (χ4v) is 3.94. The van der Waals surface area contributed by atoms with Gasteiger partial charge in [0.1, 0.15) is 11.9 Å². The first-order valence-corrected chi connectivity index (χ1v) is 10.8. The van der Waals surface area contributed by atoms with Crippen LogP contribution in [-0.4, -0.2) is 33.3 Å². The van der Waals surface area contributed by atoms with Crippen molar-refractivity contribution in [1.82, 2.24) is 14.9 Å². The third kappa shape index (κ3) is 5.06. The highest BCUT2D eigenvalue weighted by Gasteiger charge is 2.29. The van der Waals surface area contributed by atoms with Crippen molar-refractivity contribution in [3.8, 4) is 0 Å². The van der Waals surface area contributed by atoms with Gasteiger partial charge in [0.25, 0.3) is 0 Å². The van der Waals surface area contributed by atoms with Crippen LogP contribution in [0, 0.1) is 11.7 Å². The van der Waals surface area contributed by atoms with E-state index in [1.807, 2.05) is 0 Å². The van der Waals surface area contributed by atoms with Gasteiger partial charge in [-0.1, -0.05) is 37.1 Å². The Bertz CT molecular complexity index is 954. The number of sulfonamides is 1. The average molecular weight is 391 g/mol. The molecule has 0 aliphatic rings. The Labute approximate surface area is 145 Å². The zero-order valence-electron chi connectivity index (χ0n) is 13.8. The molecule has 1 aromatic heterocycles. The molecule has 0 aliphatic heterocycles. The molecule has 2 rings (SSSR count). The second-order valence-electron chi connectivity index (χ2n) is 5.87. The summed E-state index contributed by atoms with van der Waals surface area (Å²) in [7, 11) is -7.65. The molecule has 1 heterocycles. The van der Waals surface area contributed by atoms with Crippen LogP contribution in [0.1, 0.15) is 31.3 Å². The van der Waals surface area contributed by atoms with Crippen LogP contribution in [0.3, 0.4) is 0 Å². The summed E-state index contributed by atoms with van der Waals surface area (Å²) in [6.45, 7) is 3.39. The normalized spacial score (nSPS) is 14.0. The molecule has 138 valence electrons. The van der Waals surface area contributed by atoms with Crippen molar-refractivity contribution in [2.24, 2.45) is 5.92 Å². The zero-order valence-corrected chi connectivity index (χ0v) is 15.4. The summed E-state index contributed by atoms with van der Waals surface area (Å²) in [5.41, 5.74) is 0.0138. The van der Waals surface area contributed by atoms with Crippen LogP contribution in [-0.2, 0) is 25.6 Å². The van der Waals surface area contributed by atoms with Gasteiger partial charge in [0.2, 0.25) is 25.8 Å². The summed E-state index contributed by atoms with van der Waals surface area (Å²) in [6, 6.07) is 4.58. The van der Waals surface area contributed by atoms with Crippen LogP contribution in [0.15, 0.2) is 33.9 Å². The maximum absolute atomic E-state index is 13.7. The molecule has 0 fully saturated rings. The van der Waals surface area contributed by atoms with Gasteiger partial charge >= 0.3 is 5.22 Å². The molecule has 0 saturated carbocycles. The minimum absolute atomic E-state index is 0.0138. The molecule has 8 nitrogen and oxygen atoms in total. The third-order valence-electron chi connectivity index (χ3n) is 3.28. The van der Waals surface area contributed by atoms with E-state index in [1.165, 1.54) is 24.3 Å². The largest absolute Gasteiger partial charge is 0.411 e. The predicted molar refractivity (Wildman–Crippen MR) is 87.1 cm³/mol. The van der Waals surface area contributed by atoms with Gasteiger partial charge in [0.15, 0.2) is 0 Å². The van der Waals surface area contributed by atoms with Gasteiger partial charge < -0.3 is 4.42 Å². The highest BCUT2D eigenvalue weighted by atomic mass is 32.2. The van der Waals surface area contributed by atoms with E-state index in [-0.39, 0.29) is 17.4 Å². The highest BCUT2D eigenvalue weighted by Crippen LogP contribution is 2.23. The molecule has 2 aromatic rings. The van der Waals surface area contributed by atoms with E-state index in [2.05, 4.69) is 14.9 Å². The molecule has 0 amide bonds. The van der Waals surface area contributed by atoms with Gasteiger partial charge in [-0.25, -0.2) is 25.9 Å². The molecule has 0 aliphatic carbocycles. The Morgan fingerprint density at radius 2 is 1.80 bits per heavy atom. The minimum atomic E-state index is -3.94. The number of hydrogen-bond donors (Lipinski definition) is 1. The summed E-state index contributed by atoms with van der Waals surface area (Å²) in [5, 5.41) is 6.44. The van der Waals surface area contributed by atoms with E-state index in [0.29, 0.717) is 0 Å².